The van der Waals surface area contributed by atoms with Crippen LogP contribution < -0.4 is 16.0 Å². The van der Waals surface area contributed by atoms with Crippen LogP contribution in [0.2, 0.25) is 5.02 Å². The number of nitrogens with zero attached hydrogens (tertiary/aromatic N) is 1. The Balaban J connectivity index is 2.77. The smallest absolute Gasteiger partial charge is 0.224 e. The maximum absolute atomic E-state index is 12.2. The van der Waals surface area contributed by atoms with E-state index in [1.165, 1.54) is 0 Å². The quantitative estimate of drug-likeness (QED) is 0.812. The number of nitrogens with one attached hydrogen (secondary N) is 1. The molecule has 5 heteroatoms. The predicted octanol–water partition coefficient (Wildman–Crippen LogP) is 3.36. The van der Waals surface area contributed by atoms with Crippen molar-refractivity contribution in [1.82, 2.24) is 0 Å². The number of halogens is 1. The van der Waals surface area contributed by atoms with E-state index in [-0.39, 0.29) is 11.8 Å². The number of rotatable bonds is 7. The van der Waals surface area contributed by atoms with Crippen molar-refractivity contribution in [2.24, 2.45) is 17.6 Å². The van der Waals surface area contributed by atoms with Gasteiger partial charge in [0.15, 0.2) is 0 Å². The van der Waals surface area contributed by atoms with Gasteiger partial charge in [0, 0.05) is 20.5 Å². The first-order chi connectivity index (χ1) is 9.85. The Bertz CT molecular complexity index is 475. The van der Waals surface area contributed by atoms with E-state index in [0.29, 0.717) is 23.9 Å². The molecule has 0 radical (unpaired) electrons. The Morgan fingerprint density at radius 2 is 2.05 bits per heavy atom. The van der Waals surface area contributed by atoms with Crippen molar-refractivity contribution in [2.75, 3.05) is 30.9 Å². The van der Waals surface area contributed by atoms with Gasteiger partial charge >= 0.3 is 0 Å². The number of nitrogens with two attached hydrogens (primary N) is 1. The van der Waals surface area contributed by atoms with E-state index >= 15 is 0 Å². The van der Waals surface area contributed by atoms with Gasteiger partial charge < -0.3 is 16.0 Å². The second kappa shape index (κ2) is 8.25. The van der Waals surface area contributed by atoms with Crippen molar-refractivity contribution in [2.45, 2.75) is 26.7 Å². The predicted molar refractivity (Wildman–Crippen MR) is 91.0 cm³/mol. The number of carbonyl (C=O) groups excluding carboxylic acids is 1. The summed E-state index contributed by atoms with van der Waals surface area (Å²) < 4.78 is 0. The lowest BCUT2D eigenvalue weighted by Gasteiger charge is -2.21. The number of amides is 1. The van der Waals surface area contributed by atoms with Crippen LogP contribution in [-0.4, -0.2) is 26.5 Å². The zero-order valence-electron chi connectivity index (χ0n) is 13.3. The average Bonchev–Trinajstić information content (AvgIpc) is 2.36. The first-order valence-electron chi connectivity index (χ1n) is 7.30. The Labute approximate surface area is 132 Å². The fourth-order valence-electron chi connectivity index (χ4n) is 2.46. The summed E-state index contributed by atoms with van der Waals surface area (Å²) in [5, 5.41) is 3.57. The van der Waals surface area contributed by atoms with Gasteiger partial charge in [-0.15, -0.1) is 0 Å². The second-order valence-electron chi connectivity index (χ2n) is 6.01. The van der Waals surface area contributed by atoms with Crippen LogP contribution in [0.5, 0.6) is 0 Å². The lowest BCUT2D eigenvalue weighted by Crippen LogP contribution is -2.24. The van der Waals surface area contributed by atoms with E-state index < -0.39 is 0 Å². The highest BCUT2D eigenvalue weighted by molar-refractivity contribution is 6.34. The number of carbonyl (C=O) groups is 1. The van der Waals surface area contributed by atoms with E-state index in [1.807, 2.05) is 37.2 Å². The van der Waals surface area contributed by atoms with Crippen molar-refractivity contribution >= 4 is 28.9 Å². The van der Waals surface area contributed by atoms with Crippen LogP contribution in [0.3, 0.4) is 0 Å². The van der Waals surface area contributed by atoms with E-state index in [9.17, 15) is 4.79 Å². The highest BCUT2D eigenvalue weighted by atomic mass is 35.5. The second-order valence-corrected chi connectivity index (χ2v) is 6.42. The summed E-state index contributed by atoms with van der Waals surface area (Å²) in [7, 11) is 3.80. The molecule has 0 saturated heterocycles. The Morgan fingerprint density at radius 3 is 2.57 bits per heavy atom. The summed E-state index contributed by atoms with van der Waals surface area (Å²) in [5.41, 5.74) is 7.31. The molecule has 3 N–H and O–H groups in total. The molecule has 1 rings (SSSR count). The standard InChI is InChI=1S/C16H26ClN3O/c1-11(2)8-12(10-18)9-15(21)19-14-7-5-6-13(17)16(14)20(3)4/h5-7,11-12H,8-10,18H2,1-4H3,(H,19,21)/t12-/m0/s1. The molecule has 1 amide bonds. The molecule has 0 saturated carbocycles. The van der Waals surface area contributed by atoms with E-state index in [4.69, 9.17) is 17.3 Å². The fourth-order valence-corrected chi connectivity index (χ4v) is 2.81. The SMILES string of the molecule is CC(C)C[C@H](CN)CC(=O)Nc1cccc(Cl)c1N(C)C. The molecule has 1 aromatic carbocycles. The molecule has 0 spiro atoms. The largest absolute Gasteiger partial charge is 0.375 e. The molecule has 21 heavy (non-hydrogen) atoms. The Morgan fingerprint density at radius 1 is 1.38 bits per heavy atom. The van der Waals surface area contributed by atoms with E-state index in [2.05, 4.69) is 19.2 Å². The van der Waals surface area contributed by atoms with Gasteiger partial charge in [0.25, 0.3) is 0 Å². The van der Waals surface area contributed by atoms with Gasteiger partial charge in [0.2, 0.25) is 5.91 Å². The molecule has 4 nitrogen and oxygen atoms in total. The van der Waals surface area contributed by atoms with Gasteiger partial charge in [-0.1, -0.05) is 31.5 Å². The van der Waals surface area contributed by atoms with Crippen LogP contribution in [0.4, 0.5) is 11.4 Å². The summed E-state index contributed by atoms with van der Waals surface area (Å²) in [4.78, 5) is 14.1. The van der Waals surface area contributed by atoms with Crippen LogP contribution in [-0.2, 0) is 4.79 Å². The molecule has 0 aliphatic rings. The molecule has 1 aromatic rings. The highest BCUT2D eigenvalue weighted by Crippen LogP contribution is 2.32. The van der Waals surface area contributed by atoms with Crippen molar-refractivity contribution < 1.29 is 4.79 Å². The van der Waals surface area contributed by atoms with Crippen molar-refractivity contribution in [3.63, 3.8) is 0 Å². The molecular weight excluding hydrogens is 286 g/mol. The first-order valence-corrected chi connectivity index (χ1v) is 7.68. The van der Waals surface area contributed by atoms with Crippen LogP contribution >= 0.6 is 11.6 Å². The summed E-state index contributed by atoms with van der Waals surface area (Å²) in [5.74, 6) is 0.735. The Hall–Kier alpha value is -1.26. The maximum atomic E-state index is 12.2. The molecule has 0 heterocycles. The van der Waals surface area contributed by atoms with Crippen LogP contribution in [0.15, 0.2) is 18.2 Å². The summed E-state index contributed by atoms with van der Waals surface area (Å²) >= 11 is 6.20. The van der Waals surface area contributed by atoms with Gasteiger partial charge in [-0.25, -0.2) is 0 Å². The molecule has 0 fully saturated rings. The van der Waals surface area contributed by atoms with Gasteiger partial charge in [0.1, 0.15) is 0 Å². The number of hydrogen-bond acceptors (Lipinski definition) is 3. The molecule has 1 atom stereocenters. The normalized spacial score (nSPS) is 12.3. The minimum absolute atomic E-state index is 0.0172. The number of benzene rings is 1. The van der Waals surface area contributed by atoms with Crippen LogP contribution in [0.25, 0.3) is 0 Å². The lowest BCUT2D eigenvalue weighted by molar-refractivity contribution is -0.117. The fraction of sp³-hybridized carbons (Fsp3) is 0.562. The van der Waals surface area contributed by atoms with Gasteiger partial charge in [-0.3, -0.25) is 4.79 Å². The molecule has 0 bridgehead atoms. The highest BCUT2D eigenvalue weighted by Gasteiger charge is 2.16. The number of hydrogen-bond donors (Lipinski definition) is 2. The zero-order chi connectivity index (χ0) is 16.0. The minimum Gasteiger partial charge on any atom is -0.375 e. The number of para-hydroxylation sites is 1. The van der Waals surface area contributed by atoms with Gasteiger partial charge in [-0.05, 0) is 36.9 Å². The minimum atomic E-state index is -0.0172. The molecular formula is C16H26ClN3O. The lowest BCUT2D eigenvalue weighted by atomic mass is 9.94. The monoisotopic (exact) mass is 311 g/mol. The van der Waals surface area contributed by atoms with Crippen molar-refractivity contribution in [3.8, 4) is 0 Å². The Kier molecular flexibility index (Phi) is 6.99. The first kappa shape index (κ1) is 17.8. The number of anilines is 2. The third kappa shape index (κ3) is 5.56. The third-order valence-corrected chi connectivity index (χ3v) is 3.63. The summed E-state index contributed by atoms with van der Waals surface area (Å²) in [6, 6.07) is 5.51. The molecule has 0 aliphatic heterocycles. The topological polar surface area (TPSA) is 58.4 Å². The maximum Gasteiger partial charge on any atom is 0.224 e. The van der Waals surface area contributed by atoms with E-state index in [0.717, 1.165) is 17.8 Å². The third-order valence-electron chi connectivity index (χ3n) is 3.32. The zero-order valence-corrected chi connectivity index (χ0v) is 14.1. The van der Waals surface area contributed by atoms with E-state index in [1.54, 1.807) is 0 Å². The van der Waals surface area contributed by atoms with Crippen molar-refractivity contribution in [1.29, 1.82) is 0 Å². The molecule has 118 valence electrons. The average molecular weight is 312 g/mol. The van der Waals surface area contributed by atoms with Gasteiger partial charge in [-0.2, -0.15) is 0 Å². The van der Waals surface area contributed by atoms with Crippen LogP contribution in [0, 0.1) is 11.8 Å². The van der Waals surface area contributed by atoms with Gasteiger partial charge in [0.05, 0.1) is 16.4 Å². The molecule has 0 aromatic heterocycles. The van der Waals surface area contributed by atoms with Crippen molar-refractivity contribution in [3.05, 3.63) is 23.2 Å². The molecule has 0 aliphatic carbocycles. The molecule has 0 unspecified atom stereocenters. The summed E-state index contributed by atoms with van der Waals surface area (Å²) in [6.45, 7) is 4.81. The summed E-state index contributed by atoms with van der Waals surface area (Å²) in [6.07, 6.45) is 1.40. The van der Waals surface area contributed by atoms with Crippen LogP contribution in [0.1, 0.15) is 26.7 Å².